The van der Waals surface area contributed by atoms with Gasteiger partial charge in [-0.2, -0.15) is 0 Å². The summed E-state index contributed by atoms with van der Waals surface area (Å²) < 4.78 is 4.97. The molecule has 0 amide bonds. The lowest BCUT2D eigenvalue weighted by atomic mass is 10.0. The van der Waals surface area contributed by atoms with E-state index in [9.17, 15) is 0 Å². The first-order valence-electron chi connectivity index (χ1n) is 21.8. The van der Waals surface area contributed by atoms with E-state index < -0.39 is 8.07 Å². The molecule has 0 N–H and O–H groups in total. The molecule has 0 atom stereocenters. The van der Waals surface area contributed by atoms with E-state index in [-0.39, 0.29) is 0 Å². The van der Waals surface area contributed by atoms with Crippen molar-refractivity contribution in [2.45, 2.75) is 0 Å². The van der Waals surface area contributed by atoms with Gasteiger partial charge in [0.1, 0.15) is 0 Å². The van der Waals surface area contributed by atoms with Gasteiger partial charge in [-0.15, -0.1) is 0 Å². The van der Waals surface area contributed by atoms with Crippen molar-refractivity contribution in [3.63, 3.8) is 0 Å². The summed E-state index contributed by atoms with van der Waals surface area (Å²) in [4.78, 5) is 0. The molecule has 0 aliphatic rings. The molecule has 0 saturated carbocycles. The van der Waals surface area contributed by atoms with Crippen LogP contribution in [0.25, 0.3) is 77.2 Å². The number of hydrogen-bond acceptors (Lipinski definition) is 0. The van der Waals surface area contributed by atoms with E-state index in [1.165, 1.54) is 86.6 Å². The minimum atomic E-state index is -2.82. The van der Waals surface area contributed by atoms with Crippen LogP contribution in [0, 0.1) is 0 Å². The van der Waals surface area contributed by atoms with Gasteiger partial charge in [0.25, 0.3) is 0 Å². The number of hydrogen-bond donors (Lipinski definition) is 0. The molecule has 3 heteroatoms. The quantitative estimate of drug-likeness (QED) is 0.107. The topological polar surface area (TPSA) is 9.86 Å². The Bertz CT molecular complexity index is 3500. The number of para-hydroxylation sites is 1. The van der Waals surface area contributed by atoms with Crippen molar-refractivity contribution in [3.8, 4) is 33.6 Å². The molecule has 0 radical (unpaired) electrons. The maximum Gasteiger partial charge on any atom is 0.179 e. The number of nitrogens with zero attached hydrogens (tertiary/aromatic N) is 2. The van der Waals surface area contributed by atoms with Crippen LogP contribution in [-0.2, 0) is 0 Å². The third-order valence-corrected chi connectivity index (χ3v) is 17.8. The van der Waals surface area contributed by atoms with Gasteiger partial charge in [-0.05, 0) is 91.5 Å². The Balaban J connectivity index is 1.16. The SMILES string of the molecule is c1ccc(-c2cccc(-n3c4ccccc4c4ccc(-n5c6ccc(-c7ccccc7)cc6c6ccc([Si](c7ccccc7)(c7ccccc7)c7ccccc7)cc65)cc43)c2)cc1. The average Bonchev–Trinajstić information content (AvgIpc) is 3.87. The lowest BCUT2D eigenvalue weighted by Gasteiger charge is -2.34. The molecule has 0 unspecified atom stereocenters. The second kappa shape index (κ2) is 15.2. The van der Waals surface area contributed by atoms with Gasteiger partial charge in [0.2, 0.25) is 0 Å². The predicted octanol–water partition coefficient (Wildman–Crippen LogP) is 12.6. The van der Waals surface area contributed by atoms with Crippen molar-refractivity contribution in [2.24, 2.45) is 0 Å². The maximum absolute atomic E-state index is 2.82. The Morgan fingerprint density at radius 3 is 1.29 bits per heavy atom. The summed E-state index contributed by atoms with van der Waals surface area (Å²) in [5.41, 5.74) is 11.8. The zero-order valence-electron chi connectivity index (χ0n) is 34.6. The molecule has 0 aliphatic heterocycles. The summed E-state index contributed by atoms with van der Waals surface area (Å²) in [5, 5.41) is 10.4. The first kappa shape index (κ1) is 36.8. The predicted molar refractivity (Wildman–Crippen MR) is 270 cm³/mol. The second-order valence-electron chi connectivity index (χ2n) is 16.5. The first-order valence-corrected chi connectivity index (χ1v) is 23.8. The van der Waals surface area contributed by atoms with Crippen LogP contribution in [0.4, 0.5) is 0 Å². The van der Waals surface area contributed by atoms with Crippen LogP contribution in [0.1, 0.15) is 0 Å². The van der Waals surface area contributed by atoms with Gasteiger partial charge in [-0.25, -0.2) is 0 Å². The minimum absolute atomic E-state index is 1.13. The Hall–Kier alpha value is -7.98. The number of fused-ring (bicyclic) bond motifs is 6. The molecule has 10 aromatic carbocycles. The molecule has 63 heavy (non-hydrogen) atoms. The third kappa shape index (κ3) is 6.00. The van der Waals surface area contributed by atoms with Crippen molar-refractivity contribution < 1.29 is 0 Å². The maximum atomic E-state index is 2.53. The number of aromatic nitrogens is 2. The van der Waals surface area contributed by atoms with Gasteiger partial charge >= 0.3 is 0 Å². The van der Waals surface area contributed by atoms with E-state index in [1.54, 1.807) is 0 Å². The minimum Gasteiger partial charge on any atom is -0.309 e. The largest absolute Gasteiger partial charge is 0.309 e. The summed E-state index contributed by atoms with van der Waals surface area (Å²) in [6.07, 6.45) is 0. The molecular weight excluding hydrogens is 777 g/mol. The first-order chi connectivity index (χ1) is 31.3. The summed E-state index contributed by atoms with van der Waals surface area (Å²) >= 11 is 0. The number of rotatable bonds is 8. The molecule has 0 saturated heterocycles. The van der Waals surface area contributed by atoms with Crippen LogP contribution < -0.4 is 20.7 Å². The van der Waals surface area contributed by atoms with Gasteiger partial charge in [0, 0.05) is 32.9 Å². The number of benzene rings is 10. The van der Waals surface area contributed by atoms with Crippen LogP contribution in [-0.4, -0.2) is 17.2 Å². The summed E-state index contributed by atoms with van der Waals surface area (Å²) in [5.74, 6) is 0. The van der Waals surface area contributed by atoms with E-state index in [0.29, 0.717) is 0 Å². The molecule has 2 aromatic heterocycles. The Morgan fingerprint density at radius 1 is 0.222 bits per heavy atom. The highest BCUT2D eigenvalue weighted by Gasteiger charge is 2.41. The highest BCUT2D eigenvalue weighted by Crippen LogP contribution is 2.39. The molecule has 2 heterocycles. The Kier molecular flexibility index (Phi) is 8.87. The van der Waals surface area contributed by atoms with E-state index >= 15 is 0 Å². The van der Waals surface area contributed by atoms with E-state index in [1.807, 2.05) is 0 Å². The molecular formula is C60H42N2Si. The van der Waals surface area contributed by atoms with E-state index in [2.05, 4.69) is 264 Å². The summed E-state index contributed by atoms with van der Waals surface area (Å²) in [6, 6.07) is 94.3. The van der Waals surface area contributed by atoms with Crippen LogP contribution >= 0.6 is 0 Å². The van der Waals surface area contributed by atoms with Gasteiger partial charge in [-0.3, -0.25) is 0 Å². The van der Waals surface area contributed by atoms with Crippen molar-refractivity contribution in [2.75, 3.05) is 0 Å². The van der Waals surface area contributed by atoms with Gasteiger partial charge in [0.15, 0.2) is 8.07 Å². The standard InChI is InChI=1S/C60H42N2Si/c1-6-19-43(20-7-1)45-23-18-24-47(39-45)61-57-32-17-16-31-53(57)54-36-34-48(41-59(54)61)62-58-38-33-46(44-21-8-2-9-22-44)40-56(58)55-37-35-52(42-60(55)62)63(49-25-10-3-11-26-49,50-27-12-4-13-28-50)51-29-14-5-15-30-51/h1-42H. The molecule has 2 nitrogen and oxygen atoms in total. The molecule has 296 valence electrons. The van der Waals surface area contributed by atoms with Crippen molar-refractivity contribution in [1.82, 2.24) is 9.13 Å². The molecule has 12 rings (SSSR count). The highest BCUT2D eigenvalue weighted by molar-refractivity contribution is 7.20. The third-order valence-electron chi connectivity index (χ3n) is 13.1. The van der Waals surface area contributed by atoms with Gasteiger partial charge < -0.3 is 9.13 Å². The monoisotopic (exact) mass is 818 g/mol. The zero-order chi connectivity index (χ0) is 41.7. The van der Waals surface area contributed by atoms with Crippen molar-refractivity contribution in [1.29, 1.82) is 0 Å². The summed E-state index contributed by atoms with van der Waals surface area (Å²) in [7, 11) is -2.82. The smallest absolute Gasteiger partial charge is 0.179 e. The van der Waals surface area contributed by atoms with Crippen molar-refractivity contribution in [3.05, 3.63) is 255 Å². The fraction of sp³-hybridized carbons (Fsp3) is 0. The van der Waals surface area contributed by atoms with E-state index in [4.69, 9.17) is 0 Å². The lowest BCUT2D eigenvalue weighted by molar-refractivity contribution is 1.16. The average molecular weight is 819 g/mol. The molecule has 0 fully saturated rings. The molecule has 0 spiro atoms. The summed E-state index contributed by atoms with van der Waals surface area (Å²) in [6.45, 7) is 0. The van der Waals surface area contributed by atoms with Gasteiger partial charge in [0.05, 0.1) is 22.1 Å². The van der Waals surface area contributed by atoms with Crippen LogP contribution in [0.15, 0.2) is 255 Å². The molecule has 0 aliphatic carbocycles. The molecule has 12 aromatic rings. The highest BCUT2D eigenvalue weighted by atomic mass is 28.3. The van der Waals surface area contributed by atoms with Crippen LogP contribution in [0.3, 0.4) is 0 Å². The zero-order valence-corrected chi connectivity index (χ0v) is 35.6. The van der Waals surface area contributed by atoms with Crippen LogP contribution in [0.2, 0.25) is 0 Å². The van der Waals surface area contributed by atoms with E-state index in [0.717, 1.165) is 11.4 Å². The fourth-order valence-corrected chi connectivity index (χ4v) is 15.0. The Morgan fingerprint density at radius 2 is 0.667 bits per heavy atom. The molecule has 0 bridgehead atoms. The van der Waals surface area contributed by atoms with Crippen LogP contribution in [0.5, 0.6) is 0 Å². The van der Waals surface area contributed by atoms with Gasteiger partial charge in [-0.1, -0.05) is 206 Å². The normalized spacial score (nSPS) is 11.8. The Labute approximate surface area is 368 Å². The van der Waals surface area contributed by atoms with Crippen molar-refractivity contribution >= 4 is 72.4 Å². The second-order valence-corrected chi connectivity index (χ2v) is 20.3. The fourth-order valence-electron chi connectivity index (χ4n) is 10.2. The lowest BCUT2D eigenvalue weighted by Crippen LogP contribution is -2.74.